The van der Waals surface area contributed by atoms with Crippen molar-refractivity contribution in [1.29, 1.82) is 0 Å². The fourth-order valence-corrected chi connectivity index (χ4v) is 2.63. The van der Waals surface area contributed by atoms with E-state index in [1.807, 2.05) is 30.3 Å². The van der Waals surface area contributed by atoms with Gasteiger partial charge in [0.25, 0.3) is 5.91 Å². The van der Waals surface area contributed by atoms with E-state index in [0.29, 0.717) is 13.0 Å². The van der Waals surface area contributed by atoms with Crippen molar-refractivity contribution in [3.8, 4) is 5.69 Å². The molecule has 7 nitrogen and oxygen atoms in total. The van der Waals surface area contributed by atoms with Crippen LogP contribution in [0.25, 0.3) is 5.69 Å². The summed E-state index contributed by atoms with van der Waals surface area (Å²) in [6, 6.07) is 8.53. The van der Waals surface area contributed by atoms with E-state index in [4.69, 9.17) is 0 Å². The van der Waals surface area contributed by atoms with Crippen LogP contribution in [-0.4, -0.2) is 49.2 Å². The Hall–Kier alpha value is -2.70. The molecular weight excluding hydrogens is 284 g/mol. The summed E-state index contributed by atoms with van der Waals surface area (Å²) < 4.78 is 1.51. The first-order valence-corrected chi connectivity index (χ1v) is 7.17. The Labute approximate surface area is 127 Å². The molecule has 0 unspecified atom stereocenters. The highest BCUT2D eigenvalue weighted by Gasteiger charge is 2.34. The second kappa shape index (κ2) is 5.97. The van der Waals surface area contributed by atoms with Crippen LogP contribution in [0.2, 0.25) is 0 Å². The van der Waals surface area contributed by atoms with Gasteiger partial charge in [0, 0.05) is 6.54 Å². The van der Waals surface area contributed by atoms with E-state index in [9.17, 15) is 14.7 Å². The lowest BCUT2D eigenvalue weighted by molar-refractivity contribution is -0.143. The highest BCUT2D eigenvalue weighted by Crippen LogP contribution is 2.19. The summed E-state index contributed by atoms with van der Waals surface area (Å²) in [4.78, 5) is 29.2. The molecule has 2 heterocycles. The number of carbonyl (C=O) groups excluding carboxylic acids is 1. The van der Waals surface area contributed by atoms with Gasteiger partial charge < -0.3 is 10.0 Å². The van der Waals surface area contributed by atoms with Crippen molar-refractivity contribution in [2.24, 2.45) is 0 Å². The molecule has 1 saturated heterocycles. The average Bonchev–Trinajstić information content (AvgIpc) is 3.05. The summed E-state index contributed by atoms with van der Waals surface area (Å²) in [5, 5.41) is 13.4. The van der Waals surface area contributed by atoms with Crippen molar-refractivity contribution in [2.45, 2.75) is 25.3 Å². The molecule has 1 aliphatic heterocycles. The SMILES string of the molecule is O=C(O)[C@H]1CCCCN1C(=O)c1ncn(-c2ccccc2)n1. The number of carboxylic acids is 1. The maximum absolute atomic E-state index is 12.5. The number of amides is 1. The number of carboxylic acid groups (broad SMARTS) is 1. The van der Waals surface area contributed by atoms with Gasteiger partial charge in [-0.3, -0.25) is 4.79 Å². The normalized spacial score (nSPS) is 18.2. The van der Waals surface area contributed by atoms with Crippen LogP contribution in [0.4, 0.5) is 0 Å². The van der Waals surface area contributed by atoms with Crippen molar-refractivity contribution in [3.05, 3.63) is 42.5 Å². The molecule has 22 heavy (non-hydrogen) atoms. The third-order valence-electron chi connectivity index (χ3n) is 3.75. The van der Waals surface area contributed by atoms with Gasteiger partial charge in [0.2, 0.25) is 5.82 Å². The second-order valence-corrected chi connectivity index (χ2v) is 5.20. The van der Waals surface area contributed by atoms with Gasteiger partial charge in [-0.2, -0.15) is 0 Å². The fraction of sp³-hybridized carbons (Fsp3) is 0.333. The molecule has 7 heteroatoms. The van der Waals surface area contributed by atoms with Crippen molar-refractivity contribution in [2.75, 3.05) is 6.54 Å². The van der Waals surface area contributed by atoms with E-state index in [-0.39, 0.29) is 5.82 Å². The van der Waals surface area contributed by atoms with Gasteiger partial charge >= 0.3 is 5.97 Å². The molecular formula is C15H16N4O3. The predicted octanol–water partition coefficient (Wildman–Crippen LogP) is 1.35. The minimum atomic E-state index is -0.976. The van der Waals surface area contributed by atoms with Crippen molar-refractivity contribution in [1.82, 2.24) is 19.7 Å². The lowest BCUT2D eigenvalue weighted by Crippen LogP contribution is -2.48. The van der Waals surface area contributed by atoms with Crippen LogP contribution in [0, 0.1) is 0 Å². The third kappa shape index (κ3) is 2.69. The monoisotopic (exact) mass is 300 g/mol. The summed E-state index contributed by atoms with van der Waals surface area (Å²) in [6.45, 7) is 0.426. The smallest absolute Gasteiger partial charge is 0.326 e. The Bertz CT molecular complexity index is 683. The number of carbonyl (C=O) groups is 2. The Balaban J connectivity index is 1.83. The number of hydrogen-bond donors (Lipinski definition) is 1. The molecule has 1 fully saturated rings. The van der Waals surface area contributed by atoms with Crippen molar-refractivity contribution >= 4 is 11.9 Å². The number of hydrogen-bond acceptors (Lipinski definition) is 4. The number of rotatable bonds is 3. The maximum Gasteiger partial charge on any atom is 0.326 e. The molecule has 0 aliphatic carbocycles. The summed E-state index contributed by atoms with van der Waals surface area (Å²) in [5.41, 5.74) is 0.794. The van der Waals surface area contributed by atoms with Gasteiger partial charge in [0.05, 0.1) is 5.69 Å². The number of benzene rings is 1. The summed E-state index contributed by atoms with van der Waals surface area (Å²) in [7, 11) is 0. The van der Waals surface area contributed by atoms with E-state index in [1.54, 1.807) is 0 Å². The highest BCUT2D eigenvalue weighted by atomic mass is 16.4. The van der Waals surface area contributed by atoms with Gasteiger partial charge in [0.1, 0.15) is 12.4 Å². The number of nitrogens with zero attached hydrogens (tertiary/aromatic N) is 4. The number of piperidine rings is 1. The van der Waals surface area contributed by atoms with E-state index in [0.717, 1.165) is 18.5 Å². The van der Waals surface area contributed by atoms with Crippen LogP contribution in [0.15, 0.2) is 36.7 Å². The summed E-state index contributed by atoms with van der Waals surface area (Å²) in [5.74, 6) is -1.38. The van der Waals surface area contributed by atoms with E-state index >= 15 is 0 Å². The first kappa shape index (κ1) is 14.2. The second-order valence-electron chi connectivity index (χ2n) is 5.20. The summed E-state index contributed by atoms with van der Waals surface area (Å²) in [6.07, 6.45) is 3.55. The van der Waals surface area contributed by atoms with Crippen LogP contribution < -0.4 is 0 Å². The predicted molar refractivity (Wildman–Crippen MR) is 77.7 cm³/mol. The molecule has 3 rings (SSSR count). The van der Waals surface area contributed by atoms with E-state index < -0.39 is 17.9 Å². The van der Waals surface area contributed by atoms with Crippen molar-refractivity contribution in [3.63, 3.8) is 0 Å². The van der Waals surface area contributed by atoms with Gasteiger partial charge in [-0.15, -0.1) is 5.10 Å². The molecule has 114 valence electrons. The first-order chi connectivity index (χ1) is 10.7. The van der Waals surface area contributed by atoms with E-state index in [2.05, 4.69) is 10.1 Å². The van der Waals surface area contributed by atoms with Crippen LogP contribution in [0.5, 0.6) is 0 Å². The van der Waals surface area contributed by atoms with Crippen LogP contribution in [0.3, 0.4) is 0 Å². The molecule has 0 bridgehead atoms. The van der Waals surface area contributed by atoms with Crippen LogP contribution in [0.1, 0.15) is 29.9 Å². The Kier molecular flexibility index (Phi) is 3.86. The minimum Gasteiger partial charge on any atom is -0.480 e. The van der Waals surface area contributed by atoms with Gasteiger partial charge in [-0.1, -0.05) is 18.2 Å². The molecule has 0 spiro atoms. The zero-order valence-corrected chi connectivity index (χ0v) is 11.9. The minimum absolute atomic E-state index is 0.0250. The largest absolute Gasteiger partial charge is 0.480 e. The first-order valence-electron chi connectivity index (χ1n) is 7.17. The molecule has 0 radical (unpaired) electrons. The van der Waals surface area contributed by atoms with Gasteiger partial charge in [-0.05, 0) is 31.4 Å². The lowest BCUT2D eigenvalue weighted by Gasteiger charge is -2.31. The molecule has 0 saturated carbocycles. The quantitative estimate of drug-likeness (QED) is 0.924. The summed E-state index contributed by atoms with van der Waals surface area (Å²) >= 11 is 0. The Morgan fingerprint density at radius 3 is 2.68 bits per heavy atom. The fourth-order valence-electron chi connectivity index (χ4n) is 2.63. The zero-order chi connectivity index (χ0) is 15.5. The maximum atomic E-state index is 12.5. The molecule has 1 atom stereocenters. The standard InChI is InChI=1S/C15H16N4O3/c20-14(18-9-5-4-8-12(18)15(21)22)13-16-10-19(17-13)11-6-2-1-3-7-11/h1-3,6-7,10,12H,4-5,8-9H2,(H,21,22)/t12-/m1/s1. The topological polar surface area (TPSA) is 88.3 Å². The molecule has 1 aliphatic rings. The Morgan fingerprint density at radius 1 is 1.18 bits per heavy atom. The number of para-hydroxylation sites is 1. The van der Waals surface area contributed by atoms with Crippen LogP contribution >= 0.6 is 0 Å². The number of likely N-dealkylation sites (tertiary alicyclic amines) is 1. The molecule has 1 aromatic heterocycles. The van der Waals surface area contributed by atoms with E-state index in [1.165, 1.54) is 15.9 Å². The van der Waals surface area contributed by atoms with Gasteiger partial charge in [-0.25, -0.2) is 14.5 Å². The highest BCUT2D eigenvalue weighted by molar-refractivity contribution is 5.93. The van der Waals surface area contributed by atoms with Crippen molar-refractivity contribution < 1.29 is 14.7 Å². The Morgan fingerprint density at radius 2 is 1.95 bits per heavy atom. The van der Waals surface area contributed by atoms with Gasteiger partial charge in [0.15, 0.2) is 0 Å². The average molecular weight is 300 g/mol. The molecule has 2 aromatic rings. The third-order valence-corrected chi connectivity index (χ3v) is 3.75. The molecule has 1 amide bonds. The lowest BCUT2D eigenvalue weighted by atomic mass is 10.0. The number of aromatic nitrogens is 3. The molecule has 1 aromatic carbocycles. The molecule has 1 N–H and O–H groups in total. The number of aliphatic carboxylic acids is 1. The van der Waals surface area contributed by atoms with Crippen LogP contribution in [-0.2, 0) is 4.79 Å². The zero-order valence-electron chi connectivity index (χ0n) is 11.9.